The van der Waals surface area contributed by atoms with E-state index in [-0.39, 0.29) is 35.5 Å². The molecule has 4 aliphatic carbocycles. The van der Waals surface area contributed by atoms with Crippen LogP contribution in [0.1, 0.15) is 85.0 Å². The van der Waals surface area contributed by atoms with Crippen molar-refractivity contribution in [1.29, 1.82) is 0 Å². The molecule has 10 atom stereocenters. The van der Waals surface area contributed by atoms with E-state index in [4.69, 9.17) is 4.55 Å². The Bertz CT molecular complexity index is 863. The molecular weight excluding hydrogens is 454 g/mol. The lowest BCUT2D eigenvalue weighted by Gasteiger charge is -2.62. The molecule has 0 spiro atoms. The molecule has 4 aliphatic rings. The van der Waals surface area contributed by atoms with Gasteiger partial charge >= 0.3 is 0 Å². The predicted octanol–water partition coefficient (Wildman–Crippen LogP) is 3.40. The highest BCUT2D eigenvalue weighted by Gasteiger charge is 2.62. The Labute approximate surface area is 205 Å². The number of carbonyl (C=O) groups is 1. The maximum Gasteiger partial charge on any atom is 0.266 e. The molecule has 196 valence electrons. The number of fused-ring (bicyclic) bond motifs is 5. The molecular formula is C26H45NO6S. The van der Waals surface area contributed by atoms with Gasteiger partial charge in [-0.3, -0.25) is 9.35 Å². The van der Waals surface area contributed by atoms with Crippen LogP contribution < -0.4 is 5.32 Å². The van der Waals surface area contributed by atoms with Gasteiger partial charge in [-0.1, -0.05) is 20.8 Å². The van der Waals surface area contributed by atoms with E-state index < -0.39 is 15.9 Å². The first-order chi connectivity index (χ1) is 15.8. The fraction of sp³-hybridized carbons (Fsp3) is 0.962. The topological polar surface area (TPSA) is 124 Å². The third-order valence-corrected chi connectivity index (χ3v) is 11.6. The monoisotopic (exact) mass is 499 g/mol. The van der Waals surface area contributed by atoms with E-state index in [9.17, 15) is 23.4 Å². The average Bonchev–Trinajstić information content (AvgIpc) is 3.09. The number of hydrogen-bond acceptors (Lipinski definition) is 5. The minimum absolute atomic E-state index is 0.0625. The van der Waals surface area contributed by atoms with Crippen molar-refractivity contribution in [2.24, 2.45) is 46.3 Å². The summed E-state index contributed by atoms with van der Waals surface area (Å²) in [5.41, 5.74) is 0.411. The van der Waals surface area contributed by atoms with Gasteiger partial charge in [0.25, 0.3) is 10.1 Å². The molecule has 34 heavy (non-hydrogen) atoms. The lowest BCUT2D eigenvalue weighted by Crippen LogP contribution is -2.58. The molecule has 4 fully saturated rings. The summed E-state index contributed by atoms with van der Waals surface area (Å²) in [6.45, 7) is 7.05. The SMILES string of the molecule is C[C@H](CCC(=O)NCCS(=O)(=O)O)[C@H]1CC[C@H]2C3[C@H](O)C[C@@H]4C[C@H](O)CC[C@]4(C)[C@H]3CC[C@]12C. The summed E-state index contributed by atoms with van der Waals surface area (Å²) in [4.78, 5) is 12.2. The molecule has 4 saturated carbocycles. The van der Waals surface area contributed by atoms with Gasteiger partial charge in [0.05, 0.1) is 18.0 Å². The molecule has 1 amide bonds. The highest BCUT2D eigenvalue weighted by molar-refractivity contribution is 7.85. The number of carbonyl (C=O) groups excluding carboxylic acids is 1. The zero-order chi connectivity index (χ0) is 24.9. The average molecular weight is 500 g/mol. The van der Waals surface area contributed by atoms with Crippen LogP contribution in [-0.4, -0.2) is 53.6 Å². The fourth-order valence-electron chi connectivity index (χ4n) is 9.14. The summed E-state index contributed by atoms with van der Waals surface area (Å²) < 4.78 is 30.5. The zero-order valence-electron chi connectivity index (χ0n) is 21.1. The van der Waals surface area contributed by atoms with Crippen LogP contribution in [0.3, 0.4) is 0 Å². The lowest BCUT2D eigenvalue weighted by molar-refractivity contribution is -0.174. The number of nitrogens with one attached hydrogen (secondary N) is 1. The third-order valence-electron chi connectivity index (χ3n) is 10.9. The summed E-state index contributed by atoms with van der Waals surface area (Å²) >= 11 is 0. The van der Waals surface area contributed by atoms with Crippen LogP contribution in [0.5, 0.6) is 0 Å². The molecule has 8 heteroatoms. The van der Waals surface area contributed by atoms with Crippen molar-refractivity contribution in [1.82, 2.24) is 5.32 Å². The van der Waals surface area contributed by atoms with Crippen LogP contribution >= 0.6 is 0 Å². The summed E-state index contributed by atoms with van der Waals surface area (Å²) in [5, 5.41) is 24.2. The number of rotatable bonds is 7. The van der Waals surface area contributed by atoms with Crippen LogP contribution in [0.25, 0.3) is 0 Å². The predicted molar refractivity (Wildman–Crippen MR) is 130 cm³/mol. The number of aliphatic hydroxyl groups is 2. The van der Waals surface area contributed by atoms with Crippen molar-refractivity contribution in [3.8, 4) is 0 Å². The van der Waals surface area contributed by atoms with Gasteiger partial charge in [-0.15, -0.1) is 0 Å². The van der Waals surface area contributed by atoms with Crippen molar-refractivity contribution in [3.63, 3.8) is 0 Å². The number of amides is 1. The summed E-state index contributed by atoms with van der Waals surface area (Å²) in [7, 11) is -4.06. The molecule has 0 saturated heterocycles. The lowest BCUT2D eigenvalue weighted by atomic mass is 9.43. The molecule has 0 radical (unpaired) electrons. The van der Waals surface area contributed by atoms with Gasteiger partial charge in [0.15, 0.2) is 0 Å². The van der Waals surface area contributed by atoms with E-state index in [1.54, 1.807) is 0 Å². The smallest absolute Gasteiger partial charge is 0.266 e. The van der Waals surface area contributed by atoms with Gasteiger partial charge in [0.1, 0.15) is 0 Å². The van der Waals surface area contributed by atoms with E-state index in [0.29, 0.717) is 41.9 Å². The Morgan fingerprint density at radius 2 is 1.71 bits per heavy atom. The summed E-state index contributed by atoms with van der Waals surface area (Å²) in [6.07, 6.45) is 8.87. The standard InChI is InChI=1S/C26H45NO6S/c1-16(4-7-23(30)27-12-13-34(31,32)33)19-5-6-20-24-21(9-11-26(19,20)3)25(2)10-8-18(28)14-17(25)15-22(24)29/h16-22,24,28-29H,4-15H2,1-3H3,(H,27,30)(H,31,32,33)/t16-,17+,18-,19-,20+,21+,22-,24?,25+,26-/m1/s1. The molecule has 4 N–H and O–H groups in total. The minimum Gasteiger partial charge on any atom is -0.393 e. The molecule has 1 unspecified atom stereocenters. The van der Waals surface area contributed by atoms with Crippen LogP contribution in [0.4, 0.5) is 0 Å². The van der Waals surface area contributed by atoms with Gasteiger partial charge < -0.3 is 15.5 Å². The quantitative estimate of drug-likeness (QED) is 0.398. The molecule has 0 heterocycles. The molecule has 0 aromatic carbocycles. The first-order valence-corrected chi connectivity index (χ1v) is 15.0. The van der Waals surface area contributed by atoms with E-state index in [2.05, 4.69) is 26.1 Å². The molecule has 0 aromatic rings. The number of aliphatic hydroxyl groups excluding tert-OH is 2. The normalized spacial score (nSPS) is 45.1. The fourth-order valence-corrected chi connectivity index (χ4v) is 9.50. The second-order valence-electron chi connectivity index (χ2n) is 12.6. The van der Waals surface area contributed by atoms with E-state index in [0.717, 1.165) is 51.4 Å². The van der Waals surface area contributed by atoms with E-state index in [1.165, 1.54) is 6.42 Å². The van der Waals surface area contributed by atoms with E-state index in [1.807, 2.05) is 0 Å². The van der Waals surface area contributed by atoms with Gasteiger partial charge in [-0.05, 0) is 104 Å². The third kappa shape index (κ3) is 4.94. The molecule has 0 aromatic heterocycles. The first kappa shape index (κ1) is 26.4. The number of hydrogen-bond donors (Lipinski definition) is 4. The highest BCUT2D eigenvalue weighted by atomic mass is 32.2. The van der Waals surface area contributed by atoms with Crippen molar-refractivity contribution in [2.75, 3.05) is 12.3 Å². The summed E-state index contributed by atoms with van der Waals surface area (Å²) in [6, 6.07) is 0. The second-order valence-corrected chi connectivity index (χ2v) is 14.2. The molecule has 7 nitrogen and oxygen atoms in total. The largest absolute Gasteiger partial charge is 0.393 e. The maximum absolute atomic E-state index is 12.2. The van der Waals surface area contributed by atoms with Crippen molar-refractivity contribution < 1.29 is 28.0 Å². The minimum atomic E-state index is -4.06. The van der Waals surface area contributed by atoms with Crippen molar-refractivity contribution in [3.05, 3.63) is 0 Å². The Morgan fingerprint density at radius 1 is 1.03 bits per heavy atom. The van der Waals surface area contributed by atoms with E-state index >= 15 is 0 Å². The Kier molecular flexibility index (Phi) is 7.47. The maximum atomic E-state index is 12.2. The highest BCUT2D eigenvalue weighted by Crippen LogP contribution is 2.68. The molecule has 0 aliphatic heterocycles. The van der Waals surface area contributed by atoms with Crippen LogP contribution in [-0.2, 0) is 14.9 Å². The zero-order valence-corrected chi connectivity index (χ0v) is 21.9. The van der Waals surface area contributed by atoms with Crippen LogP contribution in [0, 0.1) is 46.3 Å². The van der Waals surface area contributed by atoms with Gasteiger partial charge in [-0.25, -0.2) is 0 Å². The van der Waals surface area contributed by atoms with Crippen molar-refractivity contribution >= 4 is 16.0 Å². The Hall–Kier alpha value is -0.700. The van der Waals surface area contributed by atoms with Crippen LogP contribution in [0.15, 0.2) is 0 Å². The van der Waals surface area contributed by atoms with Gasteiger partial charge in [0.2, 0.25) is 5.91 Å². The first-order valence-electron chi connectivity index (χ1n) is 13.4. The van der Waals surface area contributed by atoms with Crippen molar-refractivity contribution in [2.45, 2.75) is 97.2 Å². The second kappa shape index (κ2) is 9.64. The van der Waals surface area contributed by atoms with Gasteiger partial charge in [0, 0.05) is 13.0 Å². The van der Waals surface area contributed by atoms with Crippen LogP contribution in [0.2, 0.25) is 0 Å². The Morgan fingerprint density at radius 3 is 2.41 bits per heavy atom. The molecule has 4 rings (SSSR count). The summed E-state index contributed by atoms with van der Waals surface area (Å²) in [5.74, 6) is 2.10. The Balaban J connectivity index is 1.39. The van der Waals surface area contributed by atoms with Gasteiger partial charge in [-0.2, -0.15) is 8.42 Å². The molecule has 0 bridgehead atoms.